The van der Waals surface area contributed by atoms with Crippen molar-refractivity contribution in [3.05, 3.63) is 52.4 Å². The molecule has 0 spiro atoms. The Morgan fingerprint density at radius 1 is 1.33 bits per heavy atom. The smallest absolute Gasteiger partial charge is 0.271 e. The van der Waals surface area contributed by atoms with E-state index in [9.17, 15) is 9.59 Å². The highest BCUT2D eigenvalue weighted by molar-refractivity contribution is 7.17. The first-order chi connectivity index (χ1) is 11.7. The van der Waals surface area contributed by atoms with Crippen LogP contribution in [0.25, 0.3) is 10.2 Å². The van der Waals surface area contributed by atoms with Gasteiger partial charge in [-0.2, -0.15) is 0 Å². The van der Waals surface area contributed by atoms with E-state index >= 15 is 0 Å². The minimum atomic E-state index is -0.303. The van der Waals surface area contributed by atoms with Crippen molar-refractivity contribution in [3.63, 3.8) is 0 Å². The number of benzene rings is 1. The number of hydrogen-bond donors (Lipinski definition) is 1. The standard InChI is InChI=1S/C17H17N3O3S/c1-2-8-23-14-6-4-3-5-12(14)19-15(21)10-20-11-18-13-7-9-24-16(13)17(20)22/h3-7,9,11H,2,8,10H2,1H3,(H,19,21). The van der Waals surface area contributed by atoms with E-state index in [1.165, 1.54) is 22.2 Å². The maximum absolute atomic E-state index is 12.3. The first-order valence-corrected chi connectivity index (χ1v) is 8.51. The molecule has 6 nitrogen and oxygen atoms in total. The molecule has 0 atom stereocenters. The Bertz CT molecular complexity index is 917. The van der Waals surface area contributed by atoms with E-state index in [4.69, 9.17) is 4.74 Å². The van der Waals surface area contributed by atoms with Crippen LogP contribution < -0.4 is 15.6 Å². The molecule has 124 valence electrons. The molecule has 0 aliphatic rings. The third-order valence-electron chi connectivity index (χ3n) is 3.37. The van der Waals surface area contributed by atoms with E-state index in [1.807, 2.05) is 24.4 Å². The average molecular weight is 343 g/mol. The summed E-state index contributed by atoms with van der Waals surface area (Å²) >= 11 is 1.32. The molecule has 0 aliphatic heterocycles. The van der Waals surface area contributed by atoms with Gasteiger partial charge in [0.05, 0.1) is 24.1 Å². The van der Waals surface area contributed by atoms with Gasteiger partial charge in [0.2, 0.25) is 5.91 Å². The molecule has 3 aromatic rings. The van der Waals surface area contributed by atoms with E-state index in [0.29, 0.717) is 28.3 Å². The monoisotopic (exact) mass is 343 g/mol. The minimum Gasteiger partial charge on any atom is -0.491 e. The quantitative estimate of drug-likeness (QED) is 0.747. The number of para-hydroxylation sites is 2. The fourth-order valence-corrected chi connectivity index (χ4v) is 3.04. The number of fused-ring (bicyclic) bond motifs is 1. The first-order valence-electron chi connectivity index (χ1n) is 7.63. The summed E-state index contributed by atoms with van der Waals surface area (Å²) in [5.74, 6) is 0.314. The van der Waals surface area contributed by atoms with Gasteiger partial charge in [0.1, 0.15) is 17.0 Å². The molecular weight excluding hydrogens is 326 g/mol. The fourth-order valence-electron chi connectivity index (χ4n) is 2.24. The Kier molecular flexibility index (Phi) is 4.90. The highest BCUT2D eigenvalue weighted by Gasteiger charge is 2.11. The maximum atomic E-state index is 12.3. The van der Waals surface area contributed by atoms with Crippen LogP contribution in [-0.2, 0) is 11.3 Å². The Labute approximate surface area is 142 Å². The van der Waals surface area contributed by atoms with Crippen molar-refractivity contribution in [1.29, 1.82) is 0 Å². The molecule has 0 saturated heterocycles. The third kappa shape index (κ3) is 3.46. The van der Waals surface area contributed by atoms with Crippen molar-refractivity contribution in [1.82, 2.24) is 9.55 Å². The van der Waals surface area contributed by atoms with Gasteiger partial charge < -0.3 is 10.1 Å². The summed E-state index contributed by atoms with van der Waals surface area (Å²) < 4.78 is 7.48. The van der Waals surface area contributed by atoms with Crippen molar-refractivity contribution in [3.8, 4) is 5.75 Å². The molecule has 3 rings (SSSR count). The Morgan fingerprint density at radius 3 is 3.00 bits per heavy atom. The summed E-state index contributed by atoms with van der Waals surface area (Å²) in [6.45, 7) is 2.49. The molecule has 0 fully saturated rings. The number of ether oxygens (including phenoxy) is 1. The van der Waals surface area contributed by atoms with Gasteiger partial charge in [-0.3, -0.25) is 14.2 Å². The largest absolute Gasteiger partial charge is 0.491 e. The van der Waals surface area contributed by atoms with Gasteiger partial charge in [-0.25, -0.2) is 4.98 Å². The minimum absolute atomic E-state index is 0.0955. The summed E-state index contributed by atoms with van der Waals surface area (Å²) in [5.41, 5.74) is 1.04. The SMILES string of the molecule is CCCOc1ccccc1NC(=O)Cn1cnc2ccsc2c1=O. The van der Waals surface area contributed by atoms with Crippen LogP contribution in [0.2, 0.25) is 0 Å². The van der Waals surface area contributed by atoms with Crippen LogP contribution in [-0.4, -0.2) is 22.1 Å². The molecule has 24 heavy (non-hydrogen) atoms. The summed E-state index contributed by atoms with van der Waals surface area (Å²) in [6, 6.07) is 9.02. The lowest BCUT2D eigenvalue weighted by Gasteiger charge is -2.12. The molecule has 1 amide bonds. The number of hydrogen-bond acceptors (Lipinski definition) is 5. The van der Waals surface area contributed by atoms with E-state index in [1.54, 1.807) is 18.2 Å². The van der Waals surface area contributed by atoms with Gasteiger partial charge in [-0.1, -0.05) is 19.1 Å². The third-order valence-corrected chi connectivity index (χ3v) is 4.26. The van der Waals surface area contributed by atoms with E-state index < -0.39 is 0 Å². The molecule has 1 N–H and O–H groups in total. The number of carbonyl (C=O) groups is 1. The normalized spacial score (nSPS) is 10.7. The molecule has 0 saturated carbocycles. The molecule has 0 radical (unpaired) electrons. The summed E-state index contributed by atoms with van der Waals surface area (Å²) in [7, 11) is 0. The number of anilines is 1. The Balaban J connectivity index is 1.76. The lowest BCUT2D eigenvalue weighted by Crippen LogP contribution is -2.27. The zero-order chi connectivity index (χ0) is 16.9. The topological polar surface area (TPSA) is 73.2 Å². The second-order valence-corrected chi connectivity index (χ2v) is 6.12. The van der Waals surface area contributed by atoms with Crippen LogP contribution in [0.1, 0.15) is 13.3 Å². The fraction of sp³-hybridized carbons (Fsp3) is 0.235. The second kappa shape index (κ2) is 7.27. The number of aromatic nitrogens is 2. The van der Waals surface area contributed by atoms with E-state index in [-0.39, 0.29) is 18.0 Å². The zero-order valence-electron chi connectivity index (χ0n) is 13.2. The number of amides is 1. The molecule has 0 bridgehead atoms. The predicted molar refractivity (Wildman–Crippen MR) is 94.7 cm³/mol. The number of thiophene rings is 1. The molecule has 2 aromatic heterocycles. The average Bonchev–Trinajstić information content (AvgIpc) is 3.06. The second-order valence-electron chi connectivity index (χ2n) is 5.21. The van der Waals surface area contributed by atoms with Crippen molar-refractivity contribution < 1.29 is 9.53 Å². The van der Waals surface area contributed by atoms with Crippen LogP contribution in [0.3, 0.4) is 0 Å². The van der Waals surface area contributed by atoms with Crippen molar-refractivity contribution in [2.45, 2.75) is 19.9 Å². The van der Waals surface area contributed by atoms with Crippen LogP contribution in [0.4, 0.5) is 5.69 Å². The summed E-state index contributed by atoms with van der Waals surface area (Å²) in [4.78, 5) is 28.8. The number of carbonyl (C=O) groups excluding carboxylic acids is 1. The molecular formula is C17H17N3O3S. The lowest BCUT2D eigenvalue weighted by molar-refractivity contribution is -0.116. The zero-order valence-corrected chi connectivity index (χ0v) is 14.0. The van der Waals surface area contributed by atoms with E-state index in [0.717, 1.165) is 6.42 Å². The number of rotatable bonds is 6. The Morgan fingerprint density at radius 2 is 2.17 bits per heavy atom. The van der Waals surface area contributed by atoms with Crippen molar-refractivity contribution >= 4 is 33.1 Å². The van der Waals surface area contributed by atoms with E-state index in [2.05, 4.69) is 10.3 Å². The molecule has 0 unspecified atom stereocenters. The van der Waals surface area contributed by atoms with Gasteiger partial charge in [0.25, 0.3) is 5.56 Å². The molecule has 7 heteroatoms. The first kappa shape index (κ1) is 16.2. The maximum Gasteiger partial charge on any atom is 0.271 e. The predicted octanol–water partition coefficient (Wildman–Crippen LogP) is 2.89. The van der Waals surface area contributed by atoms with Crippen LogP contribution in [0.5, 0.6) is 5.75 Å². The van der Waals surface area contributed by atoms with Crippen LogP contribution in [0.15, 0.2) is 46.8 Å². The van der Waals surface area contributed by atoms with Gasteiger partial charge in [0, 0.05) is 0 Å². The van der Waals surface area contributed by atoms with Crippen molar-refractivity contribution in [2.24, 2.45) is 0 Å². The molecule has 2 heterocycles. The highest BCUT2D eigenvalue weighted by atomic mass is 32.1. The summed E-state index contributed by atoms with van der Waals surface area (Å²) in [5, 5.41) is 4.60. The van der Waals surface area contributed by atoms with Crippen molar-refractivity contribution in [2.75, 3.05) is 11.9 Å². The highest BCUT2D eigenvalue weighted by Crippen LogP contribution is 2.23. The van der Waals surface area contributed by atoms with Gasteiger partial charge in [-0.05, 0) is 30.0 Å². The van der Waals surface area contributed by atoms with Gasteiger partial charge >= 0.3 is 0 Å². The molecule has 1 aromatic carbocycles. The van der Waals surface area contributed by atoms with Gasteiger partial charge in [-0.15, -0.1) is 11.3 Å². The number of nitrogens with one attached hydrogen (secondary N) is 1. The van der Waals surface area contributed by atoms with Gasteiger partial charge in [0.15, 0.2) is 0 Å². The van der Waals surface area contributed by atoms with Crippen LogP contribution >= 0.6 is 11.3 Å². The Hall–Kier alpha value is -2.67. The molecule has 0 aliphatic carbocycles. The number of nitrogens with zero attached hydrogens (tertiary/aromatic N) is 2. The summed E-state index contributed by atoms with van der Waals surface area (Å²) in [6.07, 6.45) is 2.28. The lowest BCUT2D eigenvalue weighted by atomic mass is 10.3. The van der Waals surface area contributed by atoms with Crippen LogP contribution in [0, 0.1) is 0 Å².